The highest BCUT2D eigenvalue weighted by molar-refractivity contribution is 7.89. The van der Waals surface area contributed by atoms with Gasteiger partial charge in [-0.2, -0.15) is 4.31 Å². The zero-order valence-corrected chi connectivity index (χ0v) is 17.0. The predicted molar refractivity (Wildman–Crippen MR) is 105 cm³/mol. The molecule has 0 radical (unpaired) electrons. The van der Waals surface area contributed by atoms with Gasteiger partial charge >= 0.3 is 0 Å². The molecule has 142 valence electrons. The van der Waals surface area contributed by atoms with Crippen LogP contribution in [0.15, 0.2) is 53.4 Å². The maximum atomic E-state index is 13.3. The van der Waals surface area contributed by atoms with Crippen LogP contribution in [-0.4, -0.2) is 31.6 Å². The first-order valence-electron chi connectivity index (χ1n) is 9.32. The quantitative estimate of drug-likeness (QED) is 0.793. The molecule has 1 fully saturated rings. The smallest absolute Gasteiger partial charge is 0.243 e. The summed E-state index contributed by atoms with van der Waals surface area (Å²) in [6.45, 7) is 8.79. The predicted octanol–water partition coefficient (Wildman–Crippen LogP) is 3.80. The van der Waals surface area contributed by atoms with Gasteiger partial charge in [0.1, 0.15) is 0 Å². The van der Waals surface area contributed by atoms with Gasteiger partial charge in [-0.25, -0.2) is 8.42 Å². The van der Waals surface area contributed by atoms with E-state index in [2.05, 4.69) is 13.8 Å². The van der Waals surface area contributed by atoms with Crippen LogP contribution in [0.3, 0.4) is 0 Å². The first-order valence-corrected chi connectivity index (χ1v) is 10.8. The molecule has 0 bridgehead atoms. The maximum absolute atomic E-state index is 13.3. The Balaban J connectivity index is 1.83. The van der Waals surface area contributed by atoms with Crippen LogP contribution < -0.4 is 0 Å². The standard InChI is InChI=1S/C22H25NO3S/c1-15-9-11-17(12-10-15)27(25,26)23-13-21(3,4)22(14-23)16(2)20(24)18-7-5-6-8-19(18)22/h5-12,16H,13-14H2,1-4H3/t16-,22+/m0/s1. The van der Waals surface area contributed by atoms with Gasteiger partial charge in [-0.1, -0.05) is 62.7 Å². The topological polar surface area (TPSA) is 54.5 Å². The zero-order chi connectivity index (χ0) is 19.6. The Kier molecular flexibility index (Phi) is 3.92. The summed E-state index contributed by atoms with van der Waals surface area (Å²) in [7, 11) is -3.61. The van der Waals surface area contributed by atoms with Gasteiger partial charge in [0.25, 0.3) is 0 Å². The lowest BCUT2D eigenvalue weighted by Gasteiger charge is -2.41. The van der Waals surface area contributed by atoms with Crippen molar-refractivity contribution < 1.29 is 13.2 Å². The van der Waals surface area contributed by atoms with Crippen LogP contribution in [0.5, 0.6) is 0 Å². The largest absolute Gasteiger partial charge is 0.294 e. The van der Waals surface area contributed by atoms with Crippen molar-refractivity contribution in [2.24, 2.45) is 11.3 Å². The second kappa shape index (κ2) is 5.76. The molecule has 2 atom stereocenters. The number of fused-ring (bicyclic) bond motifs is 2. The molecule has 0 saturated carbocycles. The fourth-order valence-electron chi connectivity index (χ4n) is 5.11. The Hall–Kier alpha value is -1.98. The average Bonchev–Trinajstić information content (AvgIpc) is 3.04. The molecule has 1 aliphatic heterocycles. The molecular formula is C22H25NO3S. The van der Waals surface area contributed by atoms with Crippen molar-refractivity contribution >= 4 is 15.8 Å². The van der Waals surface area contributed by atoms with Crippen molar-refractivity contribution in [2.75, 3.05) is 13.1 Å². The first kappa shape index (κ1) is 18.4. The lowest BCUT2D eigenvalue weighted by molar-refractivity contribution is 0.0831. The third-order valence-corrected chi connectivity index (χ3v) is 8.48. The molecule has 1 spiro atoms. The number of aryl methyl sites for hydroxylation is 1. The number of hydrogen-bond acceptors (Lipinski definition) is 3. The number of rotatable bonds is 2. The lowest BCUT2D eigenvalue weighted by Crippen LogP contribution is -2.45. The van der Waals surface area contributed by atoms with E-state index in [0.29, 0.717) is 18.0 Å². The molecule has 0 N–H and O–H groups in total. The van der Waals surface area contributed by atoms with E-state index >= 15 is 0 Å². The Morgan fingerprint density at radius 3 is 2.30 bits per heavy atom. The molecule has 1 saturated heterocycles. The van der Waals surface area contributed by atoms with E-state index in [-0.39, 0.29) is 17.1 Å². The van der Waals surface area contributed by atoms with E-state index < -0.39 is 15.4 Å². The maximum Gasteiger partial charge on any atom is 0.243 e. The molecule has 1 heterocycles. The molecular weight excluding hydrogens is 358 g/mol. The Labute approximate surface area is 161 Å². The third-order valence-electron chi connectivity index (χ3n) is 6.67. The minimum atomic E-state index is -3.61. The van der Waals surface area contributed by atoms with E-state index in [9.17, 15) is 13.2 Å². The number of Topliss-reactive ketones (excluding diaryl/α,β-unsaturated/α-hetero) is 1. The highest BCUT2D eigenvalue weighted by Gasteiger charge is 2.63. The number of ketones is 1. The Morgan fingerprint density at radius 1 is 1.00 bits per heavy atom. The fourth-order valence-corrected chi connectivity index (χ4v) is 6.75. The normalized spacial score (nSPS) is 27.3. The van der Waals surface area contributed by atoms with E-state index in [0.717, 1.165) is 16.7 Å². The second-order valence-corrected chi connectivity index (χ2v) is 10.5. The molecule has 0 amide bonds. The van der Waals surface area contributed by atoms with E-state index in [1.807, 2.05) is 50.2 Å². The number of carbonyl (C=O) groups excluding carboxylic acids is 1. The van der Waals surface area contributed by atoms with Gasteiger partial charge in [0.05, 0.1) is 4.90 Å². The van der Waals surface area contributed by atoms with Crippen LogP contribution in [0, 0.1) is 18.3 Å². The van der Waals surface area contributed by atoms with E-state index in [1.54, 1.807) is 16.4 Å². The molecule has 2 aromatic carbocycles. The minimum Gasteiger partial charge on any atom is -0.294 e. The third kappa shape index (κ3) is 2.38. The summed E-state index contributed by atoms with van der Waals surface area (Å²) in [4.78, 5) is 13.3. The van der Waals surface area contributed by atoms with Crippen LogP contribution in [-0.2, 0) is 15.4 Å². The Bertz CT molecular complexity index is 1020. The van der Waals surface area contributed by atoms with Gasteiger partial charge in [-0.15, -0.1) is 0 Å². The van der Waals surface area contributed by atoms with E-state index in [4.69, 9.17) is 0 Å². The summed E-state index contributed by atoms with van der Waals surface area (Å²) in [5, 5.41) is 0. The molecule has 2 aromatic rings. The number of hydrogen-bond donors (Lipinski definition) is 0. The van der Waals surface area contributed by atoms with Crippen molar-refractivity contribution in [2.45, 2.75) is 38.0 Å². The first-order chi connectivity index (χ1) is 12.6. The van der Waals surface area contributed by atoms with Gasteiger partial charge in [0.2, 0.25) is 10.0 Å². The molecule has 4 rings (SSSR count). The number of sulfonamides is 1. The monoisotopic (exact) mass is 383 g/mol. The summed E-state index contributed by atoms with van der Waals surface area (Å²) >= 11 is 0. The summed E-state index contributed by atoms with van der Waals surface area (Å²) in [6.07, 6.45) is 0. The molecule has 5 heteroatoms. The molecule has 1 aliphatic carbocycles. The second-order valence-electron chi connectivity index (χ2n) is 8.57. The summed E-state index contributed by atoms with van der Waals surface area (Å²) in [5.74, 6) is -0.128. The molecule has 2 aliphatic rings. The van der Waals surface area contributed by atoms with Crippen LogP contribution in [0.25, 0.3) is 0 Å². The van der Waals surface area contributed by atoms with Gasteiger partial charge in [-0.05, 0) is 30.0 Å². The van der Waals surface area contributed by atoms with E-state index in [1.165, 1.54) is 0 Å². The molecule has 0 unspecified atom stereocenters. The number of carbonyl (C=O) groups is 1. The summed E-state index contributed by atoms with van der Waals surface area (Å²) in [5.41, 5.74) is 1.91. The minimum absolute atomic E-state index is 0.119. The highest BCUT2D eigenvalue weighted by Crippen LogP contribution is 2.58. The van der Waals surface area contributed by atoms with Crippen molar-refractivity contribution in [3.05, 3.63) is 65.2 Å². The molecule has 4 nitrogen and oxygen atoms in total. The van der Waals surface area contributed by atoms with Crippen molar-refractivity contribution in [3.63, 3.8) is 0 Å². The van der Waals surface area contributed by atoms with Gasteiger partial charge < -0.3 is 0 Å². The summed E-state index contributed by atoms with van der Waals surface area (Å²) in [6, 6.07) is 14.7. The molecule has 27 heavy (non-hydrogen) atoms. The zero-order valence-electron chi connectivity index (χ0n) is 16.2. The number of nitrogens with zero attached hydrogens (tertiary/aromatic N) is 1. The molecule has 0 aromatic heterocycles. The highest BCUT2D eigenvalue weighted by atomic mass is 32.2. The van der Waals surface area contributed by atoms with Crippen LogP contribution in [0.1, 0.15) is 42.3 Å². The van der Waals surface area contributed by atoms with Crippen LogP contribution >= 0.6 is 0 Å². The van der Waals surface area contributed by atoms with Gasteiger partial charge in [0, 0.05) is 30.0 Å². The van der Waals surface area contributed by atoms with Crippen molar-refractivity contribution in [1.82, 2.24) is 4.31 Å². The SMILES string of the molecule is Cc1ccc(S(=O)(=O)N2CC(C)(C)[C@@]3(C2)c2ccccc2C(=O)[C@@H]3C)cc1. The van der Waals surface area contributed by atoms with Crippen molar-refractivity contribution in [1.29, 1.82) is 0 Å². The fraction of sp³-hybridized carbons (Fsp3) is 0.409. The summed E-state index contributed by atoms with van der Waals surface area (Å²) < 4.78 is 28.2. The van der Waals surface area contributed by atoms with Crippen LogP contribution in [0.4, 0.5) is 0 Å². The lowest BCUT2D eigenvalue weighted by atomic mass is 9.60. The van der Waals surface area contributed by atoms with Crippen LogP contribution in [0.2, 0.25) is 0 Å². The number of benzene rings is 2. The Morgan fingerprint density at radius 2 is 1.63 bits per heavy atom. The van der Waals surface area contributed by atoms with Crippen molar-refractivity contribution in [3.8, 4) is 0 Å². The average molecular weight is 384 g/mol. The van der Waals surface area contributed by atoms with Gasteiger partial charge in [0.15, 0.2) is 5.78 Å². The van der Waals surface area contributed by atoms with Gasteiger partial charge in [-0.3, -0.25) is 4.79 Å².